The van der Waals surface area contributed by atoms with Crippen molar-refractivity contribution in [3.8, 4) is 0 Å². The summed E-state index contributed by atoms with van der Waals surface area (Å²) in [5.41, 5.74) is -3.31. The zero-order chi connectivity index (χ0) is 15.3. The van der Waals surface area contributed by atoms with Gasteiger partial charge in [-0.2, -0.15) is 13.2 Å². The Hall–Kier alpha value is -1.73. The Bertz CT molecular complexity index is 358. The molecule has 5 nitrogen and oxygen atoms in total. The molecule has 0 aliphatic rings. The minimum absolute atomic E-state index is 0.200. The molecule has 0 heterocycles. The zero-order valence-corrected chi connectivity index (χ0v) is 10.8. The fraction of sp³-hybridized carbons (Fsp3) is 0.636. The van der Waals surface area contributed by atoms with E-state index in [1.807, 2.05) is 0 Å². The van der Waals surface area contributed by atoms with Crippen molar-refractivity contribution < 1.29 is 27.9 Å². The number of nitrogens with one attached hydrogen (secondary N) is 1. The molecule has 8 heteroatoms. The first-order chi connectivity index (χ1) is 8.56. The van der Waals surface area contributed by atoms with E-state index in [0.29, 0.717) is 19.8 Å². The summed E-state index contributed by atoms with van der Waals surface area (Å²) < 4.78 is 38.0. The average molecular weight is 282 g/mol. The van der Waals surface area contributed by atoms with Crippen molar-refractivity contribution in [3.05, 3.63) is 12.7 Å². The van der Waals surface area contributed by atoms with E-state index in [1.54, 1.807) is 6.08 Å². The van der Waals surface area contributed by atoms with E-state index in [9.17, 15) is 22.8 Å². The molecule has 0 aromatic rings. The molecule has 2 N–H and O–H groups in total. The van der Waals surface area contributed by atoms with E-state index in [2.05, 4.69) is 6.58 Å². The van der Waals surface area contributed by atoms with E-state index >= 15 is 0 Å². The summed E-state index contributed by atoms with van der Waals surface area (Å²) in [6.07, 6.45) is -2.34. The Morgan fingerprint density at radius 1 is 1.42 bits per heavy atom. The van der Waals surface area contributed by atoms with Crippen molar-refractivity contribution in [2.75, 3.05) is 13.6 Å². The summed E-state index contributed by atoms with van der Waals surface area (Å²) in [4.78, 5) is 23.2. The molecule has 0 aromatic heterocycles. The van der Waals surface area contributed by atoms with Gasteiger partial charge in [-0.15, -0.1) is 6.58 Å². The molecule has 1 atom stereocenters. The van der Waals surface area contributed by atoms with E-state index in [0.717, 1.165) is 4.90 Å². The summed E-state index contributed by atoms with van der Waals surface area (Å²) in [7, 11) is 1.29. The van der Waals surface area contributed by atoms with Crippen molar-refractivity contribution in [1.82, 2.24) is 10.2 Å². The number of rotatable bonds is 6. The highest BCUT2D eigenvalue weighted by Gasteiger charge is 2.58. The number of carboxylic acid groups (broad SMARTS) is 1. The van der Waals surface area contributed by atoms with E-state index < -0.39 is 23.7 Å². The average Bonchev–Trinajstić information content (AvgIpc) is 2.27. The number of nitrogens with zero attached hydrogens (tertiary/aromatic N) is 1. The lowest BCUT2D eigenvalue weighted by Gasteiger charge is -2.30. The number of urea groups is 1. The maximum absolute atomic E-state index is 12.7. The number of unbranched alkanes of at least 4 members (excludes halogenated alkanes) is 1. The van der Waals surface area contributed by atoms with Crippen LogP contribution in [-0.2, 0) is 4.79 Å². The predicted molar refractivity (Wildman–Crippen MR) is 62.7 cm³/mol. The van der Waals surface area contributed by atoms with Crippen molar-refractivity contribution in [2.45, 2.75) is 31.5 Å². The van der Waals surface area contributed by atoms with Gasteiger partial charge in [-0.05, 0) is 19.8 Å². The Kier molecular flexibility index (Phi) is 5.85. The van der Waals surface area contributed by atoms with E-state index in [-0.39, 0.29) is 6.54 Å². The monoisotopic (exact) mass is 282 g/mol. The second-order valence-electron chi connectivity index (χ2n) is 4.21. The predicted octanol–water partition coefficient (Wildman–Crippen LogP) is 2.00. The minimum Gasteiger partial charge on any atom is -0.479 e. The summed E-state index contributed by atoms with van der Waals surface area (Å²) >= 11 is 0. The molecule has 110 valence electrons. The molecule has 1 unspecified atom stereocenters. The van der Waals surface area contributed by atoms with Crippen molar-refractivity contribution >= 4 is 12.0 Å². The summed E-state index contributed by atoms with van der Waals surface area (Å²) in [6, 6.07) is -1.09. The lowest BCUT2D eigenvalue weighted by molar-refractivity contribution is -0.203. The van der Waals surface area contributed by atoms with Crippen LogP contribution in [-0.4, -0.2) is 47.3 Å². The van der Waals surface area contributed by atoms with Crippen molar-refractivity contribution in [3.63, 3.8) is 0 Å². The molecule has 19 heavy (non-hydrogen) atoms. The highest BCUT2D eigenvalue weighted by atomic mass is 19.4. The van der Waals surface area contributed by atoms with Crippen LogP contribution >= 0.6 is 0 Å². The smallest absolute Gasteiger partial charge is 0.422 e. The van der Waals surface area contributed by atoms with Gasteiger partial charge < -0.3 is 15.3 Å². The van der Waals surface area contributed by atoms with Gasteiger partial charge >= 0.3 is 18.2 Å². The molecule has 0 fully saturated rings. The Labute approximate surface area is 109 Å². The molecule has 0 aliphatic heterocycles. The van der Waals surface area contributed by atoms with Crippen LogP contribution in [0.5, 0.6) is 0 Å². The van der Waals surface area contributed by atoms with Gasteiger partial charge in [0.2, 0.25) is 5.54 Å². The quantitative estimate of drug-likeness (QED) is 0.578. The number of alkyl halides is 3. The number of carbonyl (C=O) groups is 2. The highest BCUT2D eigenvalue weighted by molar-refractivity contribution is 5.86. The molecule has 0 radical (unpaired) electrons. The number of amides is 2. The van der Waals surface area contributed by atoms with Gasteiger partial charge in [0.25, 0.3) is 0 Å². The van der Waals surface area contributed by atoms with Crippen LogP contribution in [0.1, 0.15) is 19.8 Å². The number of carboxylic acids is 1. The number of hydrogen-bond acceptors (Lipinski definition) is 2. The van der Waals surface area contributed by atoms with Crippen LogP contribution in [0, 0.1) is 0 Å². The Balaban J connectivity index is 4.74. The number of aliphatic carboxylic acids is 1. The Morgan fingerprint density at radius 3 is 2.32 bits per heavy atom. The molecule has 0 bridgehead atoms. The zero-order valence-electron chi connectivity index (χ0n) is 10.8. The third-order valence-electron chi connectivity index (χ3n) is 2.60. The van der Waals surface area contributed by atoms with Gasteiger partial charge in [0.15, 0.2) is 0 Å². The molecular formula is C11H17F3N2O3. The second-order valence-corrected chi connectivity index (χ2v) is 4.21. The SMILES string of the molecule is C=CCCCN(C)C(=O)NC(C)(C(=O)O)C(F)(F)F. The van der Waals surface area contributed by atoms with Crippen molar-refractivity contribution in [2.24, 2.45) is 0 Å². The first kappa shape index (κ1) is 17.3. The fourth-order valence-electron chi connectivity index (χ4n) is 1.13. The molecule has 0 saturated carbocycles. The summed E-state index contributed by atoms with van der Waals surface area (Å²) in [5, 5.41) is 10.1. The highest BCUT2D eigenvalue weighted by Crippen LogP contribution is 2.30. The van der Waals surface area contributed by atoms with Crippen molar-refractivity contribution in [1.29, 1.82) is 0 Å². The third-order valence-corrected chi connectivity index (χ3v) is 2.60. The minimum atomic E-state index is -5.09. The molecule has 0 aliphatic carbocycles. The van der Waals surface area contributed by atoms with Gasteiger partial charge in [-0.3, -0.25) is 0 Å². The van der Waals surface area contributed by atoms with Crippen LogP contribution in [0.2, 0.25) is 0 Å². The van der Waals surface area contributed by atoms with Gasteiger partial charge in [0, 0.05) is 13.6 Å². The summed E-state index contributed by atoms with van der Waals surface area (Å²) in [5.74, 6) is -2.16. The number of halogens is 3. The van der Waals surface area contributed by atoms with Gasteiger partial charge in [0.1, 0.15) is 0 Å². The number of hydrogen-bond donors (Lipinski definition) is 2. The van der Waals surface area contributed by atoms with Gasteiger partial charge in [0.05, 0.1) is 0 Å². The van der Waals surface area contributed by atoms with E-state index in [4.69, 9.17) is 5.11 Å². The lowest BCUT2D eigenvalue weighted by Crippen LogP contribution is -2.63. The lowest BCUT2D eigenvalue weighted by atomic mass is 10.0. The number of carbonyl (C=O) groups excluding carboxylic acids is 1. The topological polar surface area (TPSA) is 69.6 Å². The van der Waals surface area contributed by atoms with Gasteiger partial charge in [-0.1, -0.05) is 6.08 Å². The molecule has 0 spiro atoms. The van der Waals surface area contributed by atoms with Crippen LogP contribution in [0.4, 0.5) is 18.0 Å². The van der Waals surface area contributed by atoms with Crippen LogP contribution < -0.4 is 5.32 Å². The molecular weight excluding hydrogens is 265 g/mol. The standard InChI is InChI=1S/C11H17F3N2O3/c1-4-5-6-7-16(3)9(19)15-10(2,8(17)18)11(12,13)14/h4H,1,5-7H2,2-3H3,(H,15,19)(H,17,18). The Morgan fingerprint density at radius 2 is 1.95 bits per heavy atom. The molecule has 0 aromatic carbocycles. The maximum atomic E-state index is 12.7. The maximum Gasteiger partial charge on any atom is 0.422 e. The fourth-order valence-corrected chi connectivity index (χ4v) is 1.13. The third kappa shape index (κ3) is 4.46. The van der Waals surface area contributed by atoms with Crippen LogP contribution in [0.15, 0.2) is 12.7 Å². The molecule has 0 saturated heterocycles. The first-order valence-electron chi connectivity index (χ1n) is 5.50. The van der Waals surface area contributed by atoms with Gasteiger partial charge in [-0.25, -0.2) is 9.59 Å². The normalized spacial score (nSPS) is 14.4. The second kappa shape index (κ2) is 6.44. The summed E-state index contributed by atoms with van der Waals surface area (Å²) in [6.45, 7) is 4.08. The number of allylic oxidation sites excluding steroid dienone is 1. The first-order valence-corrected chi connectivity index (χ1v) is 5.50. The van der Waals surface area contributed by atoms with Crippen LogP contribution in [0.25, 0.3) is 0 Å². The van der Waals surface area contributed by atoms with Crippen LogP contribution in [0.3, 0.4) is 0 Å². The van der Waals surface area contributed by atoms with E-state index in [1.165, 1.54) is 12.4 Å². The molecule has 0 rings (SSSR count). The largest absolute Gasteiger partial charge is 0.479 e. The molecule has 2 amide bonds.